The molecule has 0 heterocycles. The van der Waals surface area contributed by atoms with Crippen LogP contribution in [0.5, 0.6) is 11.5 Å². The minimum Gasteiger partial charge on any atom is -0.493 e. The predicted octanol–water partition coefficient (Wildman–Crippen LogP) is 4.09. The molecule has 28 heavy (non-hydrogen) atoms. The molecule has 3 aromatic rings. The molecule has 0 spiro atoms. The van der Waals surface area contributed by atoms with E-state index in [0.29, 0.717) is 11.5 Å². The lowest BCUT2D eigenvalue weighted by Gasteiger charge is -2.23. The van der Waals surface area contributed by atoms with Crippen LogP contribution < -0.4 is 9.47 Å². The van der Waals surface area contributed by atoms with Gasteiger partial charge in [0.2, 0.25) is 10.0 Å². The summed E-state index contributed by atoms with van der Waals surface area (Å²) in [6.45, 7) is 0.541. The van der Waals surface area contributed by atoms with Crippen molar-refractivity contribution in [2.45, 2.75) is 18.0 Å². The van der Waals surface area contributed by atoms with Crippen LogP contribution in [0.25, 0.3) is 0 Å². The second kappa shape index (κ2) is 8.91. The van der Waals surface area contributed by atoms with Gasteiger partial charge >= 0.3 is 0 Å². The third-order valence-corrected chi connectivity index (χ3v) is 6.18. The van der Waals surface area contributed by atoms with E-state index < -0.39 is 10.0 Å². The first-order chi connectivity index (χ1) is 13.5. The number of methoxy groups -OCH3 is 2. The van der Waals surface area contributed by atoms with Gasteiger partial charge in [-0.05, 0) is 23.3 Å². The normalized spacial score (nSPS) is 11.4. The van der Waals surface area contributed by atoms with E-state index in [0.717, 1.165) is 11.1 Å². The quantitative estimate of drug-likeness (QED) is 0.574. The van der Waals surface area contributed by atoms with Crippen molar-refractivity contribution in [3.05, 3.63) is 90.0 Å². The van der Waals surface area contributed by atoms with Crippen LogP contribution in [0, 0.1) is 0 Å². The molecule has 0 fully saturated rings. The monoisotopic (exact) mass is 397 g/mol. The topological polar surface area (TPSA) is 55.8 Å². The molecule has 0 N–H and O–H groups in total. The van der Waals surface area contributed by atoms with Crippen LogP contribution in [0.15, 0.2) is 83.8 Å². The summed E-state index contributed by atoms with van der Waals surface area (Å²) in [6, 6.07) is 23.7. The van der Waals surface area contributed by atoms with Crippen molar-refractivity contribution >= 4 is 10.0 Å². The van der Waals surface area contributed by atoms with Crippen LogP contribution in [-0.2, 0) is 23.1 Å². The zero-order chi connectivity index (χ0) is 20.0. The second-order valence-corrected chi connectivity index (χ2v) is 8.20. The maximum atomic E-state index is 13.4. The van der Waals surface area contributed by atoms with Crippen molar-refractivity contribution < 1.29 is 17.9 Å². The third-order valence-electron chi connectivity index (χ3n) is 4.40. The molecule has 0 saturated heterocycles. The van der Waals surface area contributed by atoms with E-state index >= 15 is 0 Å². The van der Waals surface area contributed by atoms with Crippen molar-refractivity contribution in [3.63, 3.8) is 0 Å². The number of nitrogens with zero attached hydrogens (tertiary/aromatic N) is 1. The van der Waals surface area contributed by atoms with Crippen LogP contribution in [-0.4, -0.2) is 26.9 Å². The highest BCUT2D eigenvalue weighted by Gasteiger charge is 2.26. The molecule has 0 saturated carbocycles. The van der Waals surface area contributed by atoms with Crippen LogP contribution in [0.3, 0.4) is 0 Å². The minimum absolute atomic E-state index is 0.164. The van der Waals surface area contributed by atoms with E-state index in [1.54, 1.807) is 12.1 Å². The average molecular weight is 397 g/mol. The Hall–Kier alpha value is -2.83. The highest BCUT2D eigenvalue weighted by atomic mass is 32.2. The summed E-state index contributed by atoms with van der Waals surface area (Å²) in [5.74, 6) is 0.863. The number of hydrogen-bond donors (Lipinski definition) is 0. The molecule has 0 aliphatic rings. The summed E-state index contributed by atoms with van der Waals surface area (Å²) in [7, 11) is -0.754. The van der Waals surface area contributed by atoms with Gasteiger partial charge < -0.3 is 9.47 Å². The van der Waals surface area contributed by atoms with Crippen LogP contribution in [0.1, 0.15) is 11.1 Å². The molecular formula is C22H23NO4S. The standard InChI is InChI=1S/C22H23NO4S/c1-26-21-14-13-20(15-22(21)27-2)28(24,25)23(16-18-9-5-3-6-10-18)17-19-11-7-4-8-12-19/h3-15H,16-17H2,1-2H3. The molecule has 0 radical (unpaired) electrons. The van der Waals surface area contributed by atoms with E-state index in [2.05, 4.69) is 0 Å². The van der Waals surface area contributed by atoms with Crippen LogP contribution in [0.4, 0.5) is 0 Å². The summed E-state index contributed by atoms with van der Waals surface area (Å²) in [4.78, 5) is 0.164. The lowest BCUT2D eigenvalue weighted by atomic mass is 10.2. The zero-order valence-electron chi connectivity index (χ0n) is 15.9. The third kappa shape index (κ3) is 4.52. The van der Waals surface area contributed by atoms with Gasteiger partial charge in [0.15, 0.2) is 11.5 Å². The van der Waals surface area contributed by atoms with Gasteiger partial charge in [0.05, 0.1) is 19.1 Å². The molecule has 146 valence electrons. The van der Waals surface area contributed by atoms with Crippen molar-refractivity contribution in [1.82, 2.24) is 4.31 Å². The van der Waals surface area contributed by atoms with Gasteiger partial charge in [-0.3, -0.25) is 0 Å². The molecule has 0 amide bonds. The number of sulfonamides is 1. The fourth-order valence-corrected chi connectivity index (χ4v) is 4.36. The fourth-order valence-electron chi connectivity index (χ4n) is 2.93. The Balaban J connectivity index is 2.00. The number of ether oxygens (including phenoxy) is 2. The van der Waals surface area contributed by atoms with Gasteiger partial charge in [-0.15, -0.1) is 0 Å². The predicted molar refractivity (Wildman–Crippen MR) is 109 cm³/mol. The largest absolute Gasteiger partial charge is 0.493 e. The van der Waals surface area contributed by atoms with Gasteiger partial charge in [-0.25, -0.2) is 8.42 Å². The van der Waals surface area contributed by atoms with Gasteiger partial charge in [0.1, 0.15) is 0 Å². The van der Waals surface area contributed by atoms with Gasteiger partial charge in [0.25, 0.3) is 0 Å². The number of benzene rings is 3. The summed E-state index contributed by atoms with van der Waals surface area (Å²) < 4.78 is 38.9. The minimum atomic E-state index is -3.76. The Morgan fingerprint density at radius 1 is 0.714 bits per heavy atom. The fraction of sp³-hybridized carbons (Fsp3) is 0.182. The first-order valence-corrected chi connectivity index (χ1v) is 10.3. The summed E-state index contributed by atoms with van der Waals surface area (Å²) in [6.07, 6.45) is 0. The molecule has 0 bridgehead atoms. The Bertz CT molecular complexity index is 964. The van der Waals surface area contributed by atoms with Crippen LogP contribution in [0.2, 0.25) is 0 Å². The number of rotatable bonds is 8. The van der Waals surface area contributed by atoms with Gasteiger partial charge in [-0.2, -0.15) is 4.31 Å². The lowest BCUT2D eigenvalue weighted by Crippen LogP contribution is -2.30. The van der Waals surface area contributed by atoms with E-state index in [9.17, 15) is 8.42 Å². The molecule has 0 aromatic heterocycles. The summed E-state index contributed by atoms with van der Waals surface area (Å²) in [5.41, 5.74) is 1.84. The number of hydrogen-bond acceptors (Lipinski definition) is 4. The van der Waals surface area contributed by atoms with E-state index in [1.807, 2.05) is 60.7 Å². The Morgan fingerprint density at radius 2 is 1.21 bits per heavy atom. The Labute approximate surface area is 166 Å². The molecular weight excluding hydrogens is 374 g/mol. The first-order valence-electron chi connectivity index (χ1n) is 8.84. The Morgan fingerprint density at radius 3 is 1.68 bits per heavy atom. The molecule has 3 aromatic carbocycles. The van der Waals surface area contributed by atoms with Crippen molar-refractivity contribution in [2.24, 2.45) is 0 Å². The molecule has 0 unspecified atom stereocenters. The highest BCUT2D eigenvalue weighted by Crippen LogP contribution is 2.31. The molecule has 0 aliphatic heterocycles. The van der Waals surface area contributed by atoms with Crippen molar-refractivity contribution in [1.29, 1.82) is 0 Å². The smallest absolute Gasteiger partial charge is 0.243 e. The molecule has 5 nitrogen and oxygen atoms in total. The van der Waals surface area contributed by atoms with Crippen molar-refractivity contribution in [2.75, 3.05) is 14.2 Å². The first kappa shape index (κ1) is 19.9. The zero-order valence-corrected chi connectivity index (χ0v) is 16.7. The van der Waals surface area contributed by atoms with Gasteiger partial charge in [-0.1, -0.05) is 60.7 Å². The second-order valence-electron chi connectivity index (χ2n) is 6.26. The average Bonchev–Trinajstić information content (AvgIpc) is 2.74. The van der Waals surface area contributed by atoms with E-state index in [1.165, 1.54) is 24.6 Å². The van der Waals surface area contributed by atoms with E-state index in [-0.39, 0.29) is 18.0 Å². The Kier molecular flexibility index (Phi) is 6.34. The lowest BCUT2D eigenvalue weighted by molar-refractivity contribution is 0.353. The maximum Gasteiger partial charge on any atom is 0.243 e. The summed E-state index contributed by atoms with van der Waals surface area (Å²) >= 11 is 0. The van der Waals surface area contributed by atoms with Crippen LogP contribution >= 0.6 is 0 Å². The molecule has 6 heteroatoms. The molecule has 0 atom stereocenters. The molecule has 3 rings (SSSR count). The van der Waals surface area contributed by atoms with Gasteiger partial charge in [0, 0.05) is 19.2 Å². The summed E-state index contributed by atoms with van der Waals surface area (Å²) in [5, 5.41) is 0. The van der Waals surface area contributed by atoms with E-state index in [4.69, 9.17) is 9.47 Å². The SMILES string of the molecule is COc1ccc(S(=O)(=O)N(Cc2ccccc2)Cc2ccccc2)cc1OC. The maximum absolute atomic E-state index is 13.4. The molecule has 0 aliphatic carbocycles. The van der Waals surface area contributed by atoms with Crippen molar-refractivity contribution in [3.8, 4) is 11.5 Å². The highest BCUT2D eigenvalue weighted by molar-refractivity contribution is 7.89.